The Morgan fingerprint density at radius 1 is 0.654 bits per heavy atom. The molecule has 0 aromatic heterocycles. The van der Waals surface area contributed by atoms with E-state index in [0.717, 1.165) is 0 Å². The first-order chi connectivity index (χ1) is 12.6. The molecule has 26 heavy (non-hydrogen) atoms. The molecule has 0 heterocycles. The van der Waals surface area contributed by atoms with Crippen molar-refractivity contribution in [3.8, 4) is 22.3 Å². The quantitative estimate of drug-likeness (QED) is 0.310. The summed E-state index contributed by atoms with van der Waals surface area (Å²) >= 11 is 3.80. The van der Waals surface area contributed by atoms with Gasteiger partial charge in [-0.05, 0) is 56.3 Å². The smallest absolute Gasteiger partial charge is 0.0257 e. The first kappa shape index (κ1) is 15.8. The van der Waals surface area contributed by atoms with Crippen LogP contribution in [-0.2, 0) is 5.41 Å². The van der Waals surface area contributed by atoms with Gasteiger partial charge in [-0.25, -0.2) is 0 Å². The Labute approximate surface area is 162 Å². The third-order valence-electron chi connectivity index (χ3n) is 5.74. The zero-order valence-corrected chi connectivity index (χ0v) is 16.5. The molecule has 0 bridgehead atoms. The van der Waals surface area contributed by atoms with Crippen LogP contribution >= 0.6 is 15.9 Å². The lowest BCUT2D eigenvalue weighted by Crippen LogP contribution is -2.15. The van der Waals surface area contributed by atoms with Crippen molar-refractivity contribution in [2.24, 2.45) is 0 Å². The lowest BCUT2D eigenvalue weighted by atomic mass is 9.81. The van der Waals surface area contributed by atoms with E-state index in [9.17, 15) is 0 Å². The Morgan fingerprint density at radius 3 is 2.12 bits per heavy atom. The molecule has 0 fully saturated rings. The predicted octanol–water partition coefficient (Wildman–Crippen LogP) is 7.58. The molecule has 0 saturated carbocycles. The standard InChI is InChI=1S/C25H19Br/c1-25(2)21-14-17(16-8-4-3-5-9-16)12-13-20(21)24-19-11-7-6-10-18(19)23(26)15-22(24)25/h3-15H,1-2H3. The lowest BCUT2D eigenvalue weighted by molar-refractivity contribution is 0.660. The highest BCUT2D eigenvalue weighted by Gasteiger charge is 2.37. The van der Waals surface area contributed by atoms with Crippen molar-refractivity contribution in [1.82, 2.24) is 0 Å². The highest BCUT2D eigenvalue weighted by atomic mass is 79.9. The summed E-state index contributed by atoms with van der Waals surface area (Å²) in [6.45, 7) is 4.68. The van der Waals surface area contributed by atoms with E-state index in [4.69, 9.17) is 0 Å². The molecule has 0 aliphatic heterocycles. The Balaban J connectivity index is 1.83. The van der Waals surface area contributed by atoms with Crippen LogP contribution in [0.2, 0.25) is 0 Å². The van der Waals surface area contributed by atoms with Gasteiger partial charge in [0.15, 0.2) is 0 Å². The van der Waals surface area contributed by atoms with E-state index in [1.165, 1.54) is 48.6 Å². The number of hydrogen-bond donors (Lipinski definition) is 0. The molecule has 0 saturated heterocycles. The van der Waals surface area contributed by atoms with Crippen LogP contribution in [0, 0.1) is 0 Å². The molecule has 0 nitrogen and oxygen atoms in total. The molecule has 0 spiro atoms. The van der Waals surface area contributed by atoms with Gasteiger partial charge in [-0.3, -0.25) is 0 Å². The summed E-state index contributed by atoms with van der Waals surface area (Å²) < 4.78 is 1.18. The summed E-state index contributed by atoms with van der Waals surface area (Å²) in [5.74, 6) is 0. The van der Waals surface area contributed by atoms with E-state index >= 15 is 0 Å². The molecular formula is C25H19Br. The maximum atomic E-state index is 3.80. The van der Waals surface area contributed by atoms with Gasteiger partial charge < -0.3 is 0 Å². The maximum Gasteiger partial charge on any atom is 0.0257 e. The lowest BCUT2D eigenvalue weighted by Gasteiger charge is -2.22. The van der Waals surface area contributed by atoms with Gasteiger partial charge in [-0.1, -0.05) is 96.5 Å². The van der Waals surface area contributed by atoms with Crippen molar-refractivity contribution in [3.05, 3.63) is 94.5 Å². The van der Waals surface area contributed by atoms with Gasteiger partial charge in [0.2, 0.25) is 0 Å². The summed E-state index contributed by atoms with van der Waals surface area (Å²) in [6.07, 6.45) is 0. The minimum Gasteiger partial charge on any atom is -0.0622 e. The Bertz CT molecular complexity index is 1150. The zero-order chi connectivity index (χ0) is 17.9. The molecule has 4 aromatic carbocycles. The third kappa shape index (κ3) is 2.13. The topological polar surface area (TPSA) is 0 Å². The molecule has 0 N–H and O–H groups in total. The van der Waals surface area contributed by atoms with Crippen molar-refractivity contribution in [2.75, 3.05) is 0 Å². The van der Waals surface area contributed by atoms with Crippen molar-refractivity contribution in [1.29, 1.82) is 0 Å². The van der Waals surface area contributed by atoms with Crippen LogP contribution < -0.4 is 0 Å². The second-order valence-electron chi connectivity index (χ2n) is 7.58. The molecule has 5 rings (SSSR count). The summed E-state index contributed by atoms with van der Waals surface area (Å²) in [6, 6.07) is 28.6. The molecule has 0 unspecified atom stereocenters. The van der Waals surface area contributed by atoms with Crippen LogP contribution in [0.3, 0.4) is 0 Å². The second-order valence-corrected chi connectivity index (χ2v) is 8.43. The minimum absolute atomic E-state index is 0.0119. The number of fused-ring (bicyclic) bond motifs is 5. The fourth-order valence-corrected chi connectivity index (χ4v) is 4.92. The third-order valence-corrected chi connectivity index (χ3v) is 6.39. The number of halogens is 1. The van der Waals surface area contributed by atoms with Crippen LogP contribution in [0.15, 0.2) is 83.3 Å². The highest BCUT2D eigenvalue weighted by Crippen LogP contribution is 2.53. The molecule has 1 heteroatoms. The van der Waals surface area contributed by atoms with Gasteiger partial charge in [0.05, 0.1) is 0 Å². The van der Waals surface area contributed by atoms with Crippen LogP contribution in [0.4, 0.5) is 0 Å². The Morgan fingerprint density at radius 2 is 1.35 bits per heavy atom. The predicted molar refractivity (Wildman–Crippen MR) is 115 cm³/mol. The number of benzene rings is 4. The average molecular weight is 399 g/mol. The second kappa shape index (κ2) is 5.56. The summed E-state index contributed by atoms with van der Waals surface area (Å²) in [5.41, 5.74) is 8.13. The number of rotatable bonds is 1. The van der Waals surface area contributed by atoms with Gasteiger partial charge in [0.25, 0.3) is 0 Å². The van der Waals surface area contributed by atoms with E-state index in [2.05, 4.69) is 109 Å². The minimum atomic E-state index is -0.0119. The van der Waals surface area contributed by atoms with Gasteiger partial charge in [0.1, 0.15) is 0 Å². The molecular weight excluding hydrogens is 380 g/mol. The normalized spacial score (nSPS) is 14.3. The maximum absolute atomic E-state index is 3.80. The van der Waals surface area contributed by atoms with Crippen LogP contribution in [0.5, 0.6) is 0 Å². The van der Waals surface area contributed by atoms with Crippen LogP contribution in [0.1, 0.15) is 25.0 Å². The van der Waals surface area contributed by atoms with E-state index < -0.39 is 0 Å². The summed E-state index contributed by atoms with van der Waals surface area (Å²) in [5, 5.41) is 2.61. The number of hydrogen-bond acceptors (Lipinski definition) is 0. The molecule has 0 atom stereocenters. The van der Waals surface area contributed by atoms with E-state index in [0.29, 0.717) is 0 Å². The molecule has 1 aliphatic rings. The van der Waals surface area contributed by atoms with Gasteiger partial charge in [0, 0.05) is 9.89 Å². The van der Waals surface area contributed by atoms with Gasteiger partial charge >= 0.3 is 0 Å². The van der Waals surface area contributed by atoms with E-state index in [-0.39, 0.29) is 5.41 Å². The highest BCUT2D eigenvalue weighted by molar-refractivity contribution is 9.10. The van der Waals surface area contributed by atoms with Crippen molar-refractivity contribution >= 4 is 26.7 Å². The van der Waals surface area contributed by atoms with Crippen molar-refractivity contribution in [2.45, 2.75) is 19.3 Å². The van der Waals surface area contributed by atoms with Gasteiger partial charge in [-0.2, -0.15) is 0 Å². The first-order valence-corrected chi connectivity index (χ1v) is 9.79. The molecule has 0 amide bonds. The zero-order valence-electron chi connectivity index (χ0n) is 14.9. The van der Waals surface area contributed by atoms with Gasteiger partial charge in [-0.15, -0.1) is 0 Å². The Hall–Kier alpha value is -2.38. The molecule has 4 aromatic rings. The summed E-state index contributed by atoms with van der Waals surface area (Å²) in [4.78, 5) is 0. The van der Waals surface area contributed by atoms with E-state index in [1.54, 1.807) is 0 Å². The fraction of sp³-hybridized carbons (Fsp3) is 0.120. The largest absolute Gasteiger partial charge is 0.0622 e. The average Bonchev–Trinajstić information content (AvgIpc) is 2.90. The molecule has 1 aliphatic carbocycles. The van der Waals surface area contributed by atoms with E-state index in [1.807, 2.05) is 0 Å². The Kier molecular flexibility index (Phi) is 3.39. The van der Waals surface area contributed by atoms with Crippen LogP contribution in [-0.4, -0.2) is 0 Å². The van der Waals surface area contributed by atoms with Crippen molar-refractivity contribution in [3.63, 3.8) is 0 Å². The first-order valence-electron chi connectivity index (χ1n) is 8.99. The van der Waals surface area contributed by atoms with Crippen molar-refractivity contribution < 1.29 is 0 Å². The monoisotopic (exact) mass is 398 g/mol. The molecule has 126 valence electrons. The summed E-state index contributed by atoms with van der Waals surface area (Å²) in [7, 11) is 0. The fourth-order valence-electron chi connectivity index (χ4n) is 4.35. The van der Waals surface area contributed by atoms with Crippen LogP contribution in [0.25, 0.3) is 33.0 Å². The molecule has 0 radical (unpaired) electrons. The SMILES string of the molecule is CC1(C)c2cc(-c3ccccc3)ccc2-c2c1cc(Br)c1ccccc21.